The molecule has 1 aromatic rings. The Morgan fingerprint density at radius 3 is 2.52 bits per heavy atom. The van der Waals surface area contributed by atoms with Crippen molar-refractivity contribution in [3.8, 4) is 0 Å². The van der Waals surface area contributed by atoms with Crippen molar-refractivity contribution in [1.82, 2.24) is 4.90 Å². The Hall–Kier alpha value is -2.24. The molecule has 6 nitrogen and oxygen atoms in total. The van der Waals surface area contributed by atoms with Crippen molar-refractivity contribution in [3.63, 3.8) is 0 Å². The molecule has 1 aromatic carbocycles. The third kappa shape index (κ3) is 4.37. The number of nitrogens with two attached hydrogens (primary N) is 1. The van der Waals surface area contributed by atoms with Crippen LogP contribution in [0.2, 0.25) is 0 Å². The summed E-state index contributed by atoms with van der Waals surface area (Å²) in [5.74, 6) is -0.384. The lowest BCUT2D eigenvalue weighted by molar-refractivity contribution is -0.130. The number of rotatable bonds is 7. The van der Waals surface area contributed by atoms with E-state index in [1.54, 1.807) is 23.1 Å². The Morgan fingerprint density at radius 2 is 1.95 bits per heavy atom. The fraction of sp³-hybridized carbons (Fsp3) is 0.467. The van der Waals surface area contributed by atoms with Crippen LogP contribution in [0.4, 0.5) is 11.4 Å². The number of nitrogen functional groups attached to an aromatic ring is 1. The molecule has 116 valence electrons. The van der Waals surface area contributed by atoms with E-state index in [1.165, 1.54) is 7.11 Å². The second-order valence-electron chi connectivity index (χ2n) is 4.50. The Bertz CT molecular complexity index is 499. The molecule has 0 saturated heterocycles. The fourth-order valence-electron chi connectivity index (χ4n) is 2.05. The summed E-state index contributed by atoms with van der Waals surface area (Å²) in [4.78, 5) is 25.2. The maximum atomic E-state index is 11.9. The van der Waals surface area contributed by atoms with Gasteiger partial charge in [0.15, 0.2) is 0 Å². The van der Waals surface area contributed by atoms with E-state index in [0.717, 1.165) is 0 Å². The Labute approximate surface area is 125 Å². The van der Waals surface area contributed by atoms with E-state index in [1.807, 2.05) is 13.8 Å². The lowest BCUT2D eigenvalue weighted by Gasteiger charge is -2.19. The van der Waals surface area contributed by atoms with Crippen LogP contribution >= 0.6 is 0 Å². The lowest BCUT2D eigenvalue weighted by Crippen LogP contribution is -2.31. The maximum absolute atomic E-state index is 11.9. The second kappa shape index (κ2) is 8.14. The predicted octanol–water partition coefficient (Wildman–Crippen LogP) is 1.73. The molecule has 0 aliphatic carbocycles. The van der Waals surface area contributed by atoms with Gasteiger partial charge in [0.05, 0.1) is 24.0 Å². The topological polar surface area (TPSA) is 84.7 Å². The van der Waals surface area contributed by atoms with Crippen LogP contribution in [-0.4, -0.2) is 43.5 Å². The quantitative estimate of drug-likeness (QED) is 0.590. The van der Waals surface area contributed by atoms with Gasteiger partial charge < -0.3 is 20.7 Å². The Kier molecular flexibility index (Phi) is 6.52. The molecule has 0 bridgehead atoms. The number of amides is 1. The van der Waals surface area contributed by atoms with Crippen molar-refractivity contribution in [2.75, 3.05) is 37.8 Å². The molecule has 0 aliphatic rings. The standard InChI is InChI=1S/C15H23N3O3/c1-4-18(5-2)13(19)9-10-17-12-8-6-7-11(14(12)16)15(20)21-3/h6-8,17H,4-5,9-10,16H2,1-3H3. The number of anilines is 2. The number of nitrogens with one attached hydrogen (secondary N) is 1. The van der Waals surface area contributed by atoms with Crippen LogP contribution in [0, 0.1) is 0 Å². The first-order valence-electron chi connectivity index (χ1n) is 7.03. The van der Waals surface area contributed by atoms with Crippen LogP contribution in [0.1, 0.15) is 30.6 Å². The van der Waals surface area contributed by atoms with Gasteiger partial charge in [-0.2, -0.15) is 0 Å². The van der Waals surface area contributed by atoms with Gasteiger partial charge in [0.25, 0.3) is 0 Å². The van der Waals surface area contributed by atoms with Crippen molar-refractivity contribution in [1.29, 1.82) is 0 Å². The van der Waals surface area contributed by atoms with Gasteiger partial charge in [-0.3, -0.25) is 4.79 Å². The van der Waals surface area contributed by atoms with Crippen molar-refractivity contribution >= 4 is 23.3 Å². The van der Waals surface area contributed by atoms with Crippen molar-refractivity contribution < 1.29 is 14.3 Å². The van der Waals surface area contributed by atoms with Gasteiger partial charge in [-0.1, -0.05) is 6.07 Å². The van der Waals surface area contributed by atoms with Crippen molar-refractivity contribution in [2.24, 2.45) is 0 Å². The summed E-state index contributed by atoms with van der Waals surface area (Å²) in [6, 6.07) is 5.09. The van der Waals surface area contributed by atoms with Crippen LogP contribution in [0.5, 0.6) is 0 Å². The van der Waals surface area contributed by atoms with E-state index in [9.17, 15) is 9.59 Å². The number of carbonyl (C=O) groups is 2. The summed E-state index contributed by atoms with van der Waals surface area (Å²) in [7, 11) is 1.31. The highest BCUT2D eigenvalue weighted by Crippen LogP contribution is 2.23. The molecule has 0 aliphatic heterocycles. The first kappa shape index (κ1) is 16.8. The van der Waals surface area contributed by atoms with Crippen LogP contribution in [0.15, 0.2) is 18.2 Å². The number of carbonyl (C=O) groups excluding carboxylic acids is 2. The first-order chi connectivity index (χ1) is 10.0. The SMILES string of the molecule is CCN(CC)C(=O)CCNc1cccc(C(=O)OC)c1N. The van der Waals surface area contributed by atoms with Gasteiger partial charge in [-0.05, 0) is 26.0 Å². The van der Waals surface area contributed by atoms with Gasteiger partial charge in [0.2, 0.25) is 5.91 Å². The average molecular weight is 293 g/mol. The normalized spacial score (nSPS) is 10.0. The van der Waals surface area contributed by atoms with E-state index in [2.05, 4.69) is 10.1 Å². The third-order valence-corrected chi connectivity index (χ3v) is 3.28. The zero-order valence-corrected chi connectivity index (χ0v) is 12.8. The fourth-order valence-corrected chi connectivity index (χ4v) is 2.05. The maximum Gasteiger partial charge on any atom is 0.340 e. The lowest BCUT2D eigenvalue weighted by atomic mass is 10.1. The molecule has 0 unspecified atom stereocenters. The second-order valence-corrected chi connectivity index (χ2v) is 4.50. The van der Waals surface area contributed by atoms with Crippen molar-refractivity contribution in [3.05, 3.63) is 23.8 Å². The molecule has 0 heterocycles. The van der Waals surface area contributed by atoms with Gasteiger partial charge in [0, 0.05) is 26.1 Å². The number of hydrogen-bond acceptors (Lipinski definition) is 5. The summed E-state index contributed by atoms with van der Waals surface area (Å²) in [5, 5.41) is 3.09. The Balaban J connectivity index is 2.64. The summed E-state index contributed by atoms with van der Waals surface area (Å²) in [5.41, 5.74) is 7.21. The predicted molar refractivity (Wildman–Crippen MR) is 83.2 cm³/mol. The smallest absolute Gasteiger partial charge is 0.340 e. The van der Waals surface area contributed by atoms with E-state index in [4.69, 9.17) is 5.73 Å². The molecule has 0 fully saturated rings. The van der Waals surface area contributed by atoms with Gasteiger partial charge in [0.1, 0.15) is 0 Å². The van der Waals surface area contributed by atoms with Crippen LogP contribution in [0.3, 0.4) is 0 Å². The molecule has 0 atom stereocenters. The summed E-state index contributed by atoms with van der Waals surface area (Å²) in [6.07, 6.45) is 0.379. The highest BCUT2D eigenvalue weighted by Gasteiger charge is 2.13. The summed E-state index contributed by atoms with van der Waals surface area (Å²) >= 11 is 0. The third-order valence-electron chi connectivity index (χ3n) is 3.28. The van der Waals surface area contributed by atoms with Gasteiger partial charge in [-0.15, -0.1) is 0 Å². The average Bonchev–Trinajstić information content (AvgIpc) is 2.49. The number of benzene rings is 1. The summed E-state index contributed by atoms with van der Waals surface area (Å²) in [6.45, 7) is 5.77. The minimum Gasteiger partial charge on any atom is -0.465 e. The van der Waals surface area contributed by atoms with Crippen LogP contribution in [-0.2, 0) is 9.53 Å². The number of nitrogens with zero attached hydrogens (tertiary/aromatic N) is 1. The van der Waals surface area contributed by atoms with Crippen LogP contribution < -0.4 is 11.1 Å². The minimum atomic E-state index is -0.477. The monoisotopic (exact) mass is 293 g/mol. The first-order valence-corrected chi connectivity index (χ1v) is 7.03. The van der Waals surface area contributed by atoms with E-state index < -0.39 is 5.97 Å². The molecule has 0 spiro atoms. The molecule has 1 rings (SSSR count). The molecular weight excluding hydrogens is 270 g/mol. The molecule has 1 amide bonds. The zero-order chi connectivity index (χ0) is 15.8. The molecule has 3 N–H and O–H groups in total. The minimum absolute atomic E-state index is 0.0928. The number of ether oxygens (including phenoxy) is 1. The molecule has 0 saturated carbocycles. The number of esters is 1. The van der Waals surface area contributed by atoms with Gasteiger partial charge >= 0.3 is 5.97 Å². The molecule has 21 heavy (non-hydrogen) atoms. The van der Waals surface area contributed by atoms with E-state index >= 15 is 0 Å². The highest BCUT2D eigenvalue weighted by atomic mass is 16.5. The van der Waals surface area contributed by atoms with E-state index in [0.29, 0.717) is 43.0 Å². The molecule has 0 aromatic heterocycles. The number of methoxy groups -OCH3 is 1. The van der Waals surface area contributed by atoms with E-state index in [-0.39, 0.29) is 5.91 Å². The zero-order valence-electron chi connectivity index (χ0n) is 12.8. The molecule has 0 radical (unpaired) electrons. The van der Waals surface area contributed by atoms with Crippen LogP contribution in [0.25, 0.3) is 0 Å². The Morgan fingerprint density at radius 1 is 1.29 bits per heavy atom. The highest BCUT2D eigenvalue weighted by molar-refractivity contribution is 5.98. The number of para-hydroxylation sites is 1. The molecular formula is C15H23N3O3. The molecule has 6 heteroatoms. The summed E-state index contributed by atoms with van der Waals surface area (Å²) < 4.78 is 4.67. The van der Waals surface area contributed by atoms with Crippen molar-refractivity contribution in [2.45, 2.75) is 20.3 Å². The van der Waals surface area contributed by atoms with Gasteiger partial charge in [-0.25, -0.2) is 4.79 Å². The number of hydrogen-bond donors (Lipinski definition) is 2. The largest absolute Gasteiger partial charge is 0.465 e.